The number of dihydropyridines is 1. The Morgan fingerprint density at radius 2 is 1.89 bits per heavy atom. The van der Waals surface area contributed by atoms with E-state index < -0.39 is 29.7 Å². The van der Waals surface area contributed by atoms with Crippen LogP contribution in [0.4, 0.5) is 8.78 Å². The molecule has 0 N–H and O–H groups in total. The summed E-state index contributed by atoms with van der Waals surface area (Å²) in [6.07, 6.45) is 12.0. The summed E-state index contributed by atoms with van der Waals surface area (Å²) in [4.78, 5) is 23.3. The van der Waals surface area contributed by atoms with E-state index in [9.17, 15) is 19.7 Å². The molecular formula is C37H40F2N6O2. The molecule has 1 aromatic rings. The van der Waals surface area contributed by atoms with Crippen molar-refractivity contribution in [2.45, 2.75) is 75.4 Å². The van der Waals surface area contributed by atoms with Crippen LogP contribution in [0.1, 0.15) is 61.6 Å². The van der Waals surface area contributed by atoms with Gasteiger partial charge in [0.2, 0.25) is 5.90 Å². The smallest absolute Gasteiger partial charge is 0.282 e. The van der Waals surface area contributed by atoms with E-state index >= 15 is 4.39 Å². The highest BCUT2D eigenvalue weighted by Crippen LogP contribution is 2.44. The first-order valence-corrected chi connectivity index (χ1v) is 16.9. The minimum Gasteiger partial charge on any atom is -0.475 e. The van der Waals surface area contributed by atoms with Crippen LogP contribution in [0, 0.1) is 28.6 Å². The van der Waals surface area contributed by atoms with Gasteiger partial charge in [0.15, 0.2) is 5.83 Å². The highest BCUT2D eigenvalue weighted by Gasteiger charge is 2.47. The van der Waals surface area contributed by atoms with Gasteiger partial charge in [-0.05, 0) is 81.1 Å². The topological polar surface area (TPSA) is 96.0 Å². The molecule has 0 bridgehead atoms. The molecule has 2 unspecified atom stereocenters. The summed E-state index contributed by atoms with van der Waals surface area (Å²) >= 11 is 0. The molecule has 1 amide bonds. The molecule has 4 aliphatic heterocycles. The van der Waals surface area contributed by atoms with Crippen molar-refractivity contribution in [2.75, 3.05) is 39.3 Å². The van der Waals surface area contributed by atoms with Crippen LogP contribution in [-0.4, -0.2) is 83.5 Å². The van der Waals surface area contributed by atoms with Crippen LogP contribution in [0.25, 0.3) is 5.57 Å². The highest BCUT2D eigenvalue weighted by molar-refractivity contribution is 6.00. The van der Waals surface area contributed by atoms with E-state index in [1.807, 2.05) is 29.2 Å². The molecule has 3 fully saturated rings. The molecule has 244 valence electrons. The van der Waals surface area contributed by atoms with Gasteiger partial charge in [0.05, 0.1) is 24.1 Å². The highest BCUT2D eigenvalue weighted by atomic mass is 19.1. The lowest BCUT2D eigenvalue weighted by atomic mass is 9.79. The van der Waals surface area contributed by atoms with Gasteiger partial charge >= 0.3 is 0 Å². The number of ether oxygens (including phenoxy) is 1. The Labute approximate surface area is 275 Å². The average Bonchev–Trinajstić information content (AvgIpc) is 3.67. The first-order valence-electron chi connectivity index (χ1n) is 16.9. The number of carbonyl (C=O) groups excluding carboxylic acids is 1. The maximum atomic E-state index is 17.0. The summed E-state index contributed by atoms with van der Waals surface area (Å²) in [6.45, 7) is 6.17. The summed E-state index contributed by atoms with van der Waals surface area (Å²) in [5.74, 6) is -2.72. The third-order valence-electron chi connectivity index (χ3n) is 11.1. The maximum Gasteiger partial charge on any atom is 0.282 e. The summed E-state index contributed by atoms with van der Waals surface area (Å²) in [5.41, 5.74) is 4.57. The third kappa shape index (κ3) is 5.47. The number of carbonyl (C=O) groups is 1. The van der Waals surface area contributed by atoms with Crippen molar-refractivity contribution >= 4 is 17.4 Å². The first kappa shape index (κ1) is 31.3. The van der Waals surface area contributed by atoms with Crippen molar-refractivity contribution in [3.05, 3.63) is 76.5 Å². The molecule has 4 heterocycles. The van der Waals surface area contributed by atoms with Crippen LogP contribution in [0.2, 0.25) is 0 Å². The van der Waals surface area contributed by atoms with Gasteiger partial charge in [-0.1, -0.05) is 36.9 Å². The lowest BCUT2D eigenvalue weighted by Gasteiger charge is -2.45. The molecular weight excluding hydrogens is 598 g/mol. The monoisotopic (exact) mass is 638 g/mol. The number of benzene rings is 1. The predicted molar refractivity (Wildman–Crippen MR) is 174 cm³/mol. The molecule has 3 saturated heterocycles. The Hall–Kier alpha value is -4.28. The number of amides is 1. The number of fused-ring (bicyclic) bond motifs is 3. The summed E-state index contributed by atoms with van der Waals surface area (Å²) in [6, 6.07) is 9.00. The fourth-order valence-electron chi connectivity index (χ4n) is 8.82. The van der Waals surface area contributed by atoms with Crippen LogP contribution >= 0.6 is 0 Å². The number of halogens is 2. The molecule has 0 aromatic heterocycles. The van der Waals surface area contributed by atoms with E-state index in [1.165, 1.54) is 16.0 Å². The van der Waals surface area contributed by atoms with Gasteiger partial charge in [0.1, 0.15) is 30.1 Å². The van der Waals surface area contributed by atoms with E-state index in [0.717, 1.165) is 70.0 Å². The molecule has 0 spiro atoms. The molecule has 7 rings (SSSR count). The zero-order valence-electron chi connectivity index (χ0n) is 26.7. The normalized spacial score (nSPS) is 26.6. The Morgan fingerprint density at radius 3 is 2.64 bits per heavy atom. The van der Waals surface area contributed by atoms with Crippen LogP contribution < -0.4 is 0 Å². The van der Waals surface area contributed by atoms with Crippen molar-refractivity contribution in [3.8, 4) is 12.1 Å². The molecule has 3 atom stereocenters. The van der Waals surface area contributed by atoms with Gasteiger partial charge in [-0.2, -0.15) is 10.5 Å². The van der Waals surface area contributed by atoms with E-state index in [4.69, 9.17) is 9.73 Å². The zero-order valence-corrected chi connectivity index (χ0v) is 26.7. The number of aryl methyl sites for hydroxylation is 1. The van der Waals surface area contributed by atoms with Crippen molar-refractivity contribution in [1.29, 1.82) is 10.5 Å². The number of allylic oxidation sites excluding steroid dienone is 2. The van der Waals surface area contributed by atoms with Crippen LogP contribution in [0.5, 0.6) is 0 Å². The third-order valence-corrected chi connectivity index (χ3v) is 11.1. The largest absolute Gasteiger partial charge is 0.475 e. The second kappa shape index (κ2) is 12.7. The number of hydrogen-bond acceptors (Lipinski definition) is 7. The lowest BCUT2D eigenvalue weighted by molar-refractivity contribution is -0.133. The van der Waals surface area contributed by atoms with Crippen molar-refractivity contribution in [1.82, 2.24) is 14.7 Å². The van der Waals surface area contributed by atoms with E-state index in [-0.39, 0.29) is 48.9 Å². The van der Waals surface area contributed by atoms with E-state index in [2.05, 4.69) is 29.7 Å². The second-order valence-corrected chi connectivity index (χ2v) is 13.6. The summed E-state index contributed by atoms with van der Waals surface area (Å²) in [7, 11) is 0. The average molecular weight is 639 g/mol. The van der Waals surface area contributed by atoms with Gasteiger partial charge in [-0.15, -0.1) is 0 Å². The fraction of sp³-hybridized carbons (Fsp3) is 0.514. The molecule has 0 saturated carbocycles. The number of rotatable bonds is 6. The predicted octanol–water partition coefficient (Wildman–Crippen LogP) is 5.55. The number of nitriles is 2. The number of nitrogens with zero attached hydrogens (tertiary/aromatic N) is 6. The van der Waals surface area contributed by atoms with Gasteiger partial charge in [-0.3, -0.25) is 9.69 Å². The quantitative estimate of drug-likeness (QED) is 0.380. The van der Waals surface area contributed by atoms with Gasteiger partial charge in [-0.25, -0.2) is 13.8 Å². The molecule has 2 aliphatic carbocycles. The van der Waals surface area contributed by atoms with Crippen molar-refractivity contribution < 1.29 is 18.3 Å². The maximum absolute atomic E-state index is 17.0. The Bertz CT molecular complexity index is 1690. The Balaban J connectivity index is 1.28. The molecule has 10 heteroatoms. The number of aliphatic imine (C=N–C) groups is 1. The molecule has 47 heavy (non-hydrogen) atoms. The zero-order chi connectivity index (χ0) is 32.7. The molecule has 6 aliphatic rings. The summed E-state index contributed by atoms with van der Waals surface area (Å²) in [5, 5.41) is 20.2. The Kier molecular flexibility index (Phi) is 8.48. The minimum absolute atomic E-state index is 0.0258. The molecule has 0 radical (unpaired) electrons. The SMILES string of the molecule is C=C(F)C(=O)N1CCN(C2=C(C#N)C(OCC34CCCN3CCC4)=NC3C(F)=C(c4cccc5c4CCCC5)C=CC23)C[C@@H]1CC#N. The van der Waals surface area contributed by atoms with Crippen molar-refractivity contribution in [3.63, 3.8) is 0 Å². The van der Waals surface area contributed by atoms with E-state index in [0.29, 0.717) is 17.9 Å². The van der Waals surface area contributed by atoms with Gasteiger partial charge in [0, 0.05) is 36.8 Å². The van der Waals surface area contributed by atoms with Crippen LogP contribution in [-0.2, 0) is 22.4 Å². The minimum atomic E-state index is -1.08. The number of hydrogen-bond donors (Lipinski definition) is 0. The molecule has 1 aromatic carbocycles. The molecule has 8 nitrogen and oxygen atoms in total. The second-order valence-electron chi connectivity index (χ2n) is 13.6. The summed E-state index contributed by atoms with van der Waals surface area (Å²) < 4.78 is 37.4. The fourth-order valence-corrected chi connectivity index (χ4v) is 8.82. The van der Waals surface area contributed by atoms with Gasteiger partial charge in [0.25, 0.3) is 5.91 Å². The first-order chi connectivity index (χ1) is 22.8. The van der Waals surface area contributed by atoms with Crippen LogP contribution in [0.3, 0.4) is 0 Å². The lowest BCUT2D eigenvalue weighted by Crippen LogP contribution is -2.56. The standard InChI is InChI=1S/C37H40F2N6O2/c1-24(38)36(46)45-20-19-43(22-26(45)13-16-40)34-30-12-11-29(28-10-4-8-25-7-2-3-9-27(25)28)32(39)33(30)42-35(31(34)21-41)47-23-37-14-5-17-44(37)18-6-15-37/h4,8,10-12,26,30,33H,1-3,5-7,9,13-15,17-20,22-23H2/t26-,30?,33?/m0/s1. The van der Waals surface area contributed by atoms with Gasteiger partial charge < -0.3 is 14.5 Å². The number of piperazine rings is 1. The van der Waals surface area contributed by atoms with Crippen molar-refractivity contribution in [2.24, 2.45) is 10.9 Å². The van der Waals surface area contributed by atoms with E-state index in [1.54, 1.807) is 0 Å². The Morgan fingerprint density at radius 1 is 1.11 bits per heavy atom. The van der Waals surface area contributed by atoms with Crippen LogP contribution in [0.15, 0.2) is 64.8 Å².